The summed E-state index contributed by atoms with van der Waals surface area (Å²) in [6, 6.07) is 7.87. The fourth-order valence-corrected chi connectivity index (χ4v) is 2.16. The quantitative estimate of drug-likeness (QED) is 0.832. The second kappa shape index (κ2) is 3.91. The second-order valence-electron chi connectivity index (χ2n) is 4.55. The van der Waals surface area contributed by atoms with Gasteiger partial charge in [-0.05, 0) is 18.4 Å². The first-order chi connectivity index (χ1) is 7.59. The zero-order chi connectivity index (χ0) is 11.8. The van der Waals surface area contributed by atoms with Crippen molar-refractivity contribution in [1.82, 2.24) is 10.2 Å². The first kappa shape index (κ1) is 11.1. The summed E-state index contributed by atoms with van der Waals surface area (Å²) in [6.45, 7) is 6.05. The van der Waals surface area contributed by atoms with Crippen LogP contribution in [0.1, 0.15) is 32.9 Å². The van der Waals surface area contributed by atoms with Crippen molar-refractivity contribution in [3.05, 3.63) is 30.0 Å². The van der Waals surface area contributed by atoms with E-state index in [9.17, 15) is 5.11 Å². The lowest BCUT2D eigenvalue weighted by molar-refractivity contribution is -0.0167. The average Bonchev–Trinajstić information content (AvgIpc) is 2.72. The largest absolute Gasteiger partial charge is 0.383 e. The van der Waals surface area contributed by atoms with Gasteiger partial charge in [0.1, 0.15) is 5.60 Å². The van der Waals surface area contributed by atoms with E-state index in [2.05, 4.69) is 10.2 Å². The topological polar surface area (TPSA) is 48.9 Å². The van der Waals surface area contributed by atoms with Gasteiger partial charge in [0.05, 0.1) is 11.2 Å². The zero-order valence-corrected chi connectivity index (χ0v) is 9.99. The van der Waals surface area contributed by atoms with Crippen LogP contribution in [0.15, 0.2) is 24.3 Å². The SMILES string of the molecule is CCC(O)(c1[nH]nc2ccccc12)C(C)C. The summed E-state index contributed by atoms with van der Waals surface area (Å²) in [5, 5.41) is 18.9. The molecule has 0 radical (unpaired) electrons. The Labute approximate surface area is 95.5 Å². The molecule has 2 aromatic rings. The molecule has 0 aliphatic carbocycles. The van der Waals surface area contributed by atoms with Crippen molar-refractivity contribution >= 4 is 10.9 Å². The Kier molecular flexibility index (Phi) is 2.72. The lowest BCUT2D eigenvalue weighted by Gasteiger charge is -2.30. The molecule has 1 aromatic heterocycles. The minimum atomic E-state index is -0.823. The molecule has 0 aliphatic rings. The molecule has 2 rings (SSSR count). The predicted molar refractivity (Wildman–Crippen MR) is 65.1 cm³/mol. The monoisotopic (exact) mass is 218 g/mol. The highest BCUT2D eigenvalue weighted by Crippen LogP contribution is 2.35. The molecule has 86 valence electrons. The molecule has 0 aliphatic heterocycles. The van der Waals surface area contributed by atoms with Gasteiger partial charge in [0.15, 0.2) is 0 Å². The van der Waals surface area contributed by atoms with Gasteiger partial charge < -0.3 is 5.11 Å². The molecule has 16 heavy (non-hydrogen) atoms. The summed E-state index contributed by atoms with van der Waals surface area (Å²) in [6.07, 6.45) is 0.677. The predicted octanol–water partition coefficient (Wildman–Crippen LogP) is 2.82. The van der Waals surface area contributed by atoms with Crippen LogP contribution in [0.5, 0.6) is 0 Å². The van der Waals surface area contributed by atoms with Crippen LogP contribution in [0.2, 0.25) is 0 Å². The van der Waals surface area contributed by atoms with Gasteiger partial charge in [-0.1, -0.05) is 39.0 Å². The maximum Gasteiger partial charge on any atom is 0.109 e. The number of aromatic nitrogens is 2. The maximum atomic E-state index is 10.7. The maximum absolute atomic E-state index is 10.7. The first-order valence-electron chi connectivity index (χ1n) is 5.75. The van der Waals surface area contributed by atoms with Crippen LogP contribution in [0, 0.1) is 5.92 Å². The molecule has 1 aromatic carbocycles. The van der Waals surface area contributed by atoms with Crippen LogP contribution in [-0.2, 0) is 5.60 Å². The van der Waals surface area contributed by atoms with E-state index in [1.165, 1.54) is 0 Å². The molecular formula is C13H18N2O. The Morgan fingerprint density at radius 1 is 1.38 bits per heavy atom. The molecule has 0 spiro atoms. The standard InChI is InChI=1S/C13H18N2O/c1-4-13(16,9(2)3)12-10-7-5-6-8-11(10)14-15-12/h5-9,16H,4H2,1-3H3,(H,14,15). The number of H-pyrrole nitrogens is 1. The van der Waals surface area contributed by atoms with Gasteiger partial charge in [-0.15, -0.1) is 0 Å². The summed E-state index contributed by atoms with van der Waals surface area (Å²) in [7, 11) is 0. The number of hydrogen-bond acceptors (Lipinski definition) is 2. The van der Waals surface area contributed by atoms with E-state index in [1.54, 1.807) is 0 Å². The van der Waals surface area contributed by atoms with Crippen molar-refractivity contribution in [2.75, 3.05) is 0 Å². The molecular weight excluding hydrogens is 200 g/mol. The van der Waals surface area contributed by atoms with Crippen LogP contribution in [0.3, 0.4) is 0 Å². The number of aromatic amines is 1. The summed E-state index contributed by atoms with van der Waals surface area (Å²) in [4.78, 5) is 0. The number of nitrogens with zero attached hydrogens (tertiary/aromatic N) is 1. The van der Waals surface area contributed by atoms with Gasteiger partial charge in [0.25, 0.3) is 0 Å². The fourth-order valence-electron chi connectivity index (χ4n) is 2.16. The minimum Gasteiger partial charge on any atom is -0.383 e. The highest BCUT2D eigenvalue weighted by molar-refractivity contribution is 5.82. The number of benzene rings is 1. The average molecular weight is 218 g/mol. The van der Waals surface area contributed by atoms with Gasteiger partial charge in [0, 0.05) is 5.39 Å². The molecule has 2 N–H and O–H groups in total. The molecule has 1 atom stereocenters. The number of hydrogen-bond donors (Lipinski definition) is 2. The zero-order valence-electron chi connectivity index (χ0n) is 9.99. The summed E-state index contributed by atoms with van der Waals surface area (Å²) < 4.78 is 0. The van der Waals surface area contributed by atoms with E-state index in [-0.39, 0.29) is 5.92 Å². The smallest absolute Gasteiger partial charge is 0.109 e. The molecule has 0 amide bonds. The van der Waals surface area contributed by atoms with Gasteiger partial charge in [-0.25, -0.2) is 0 Å². The Morgan fingerprint density at radius 2 is 2.06 bits per heavy atom. The fraction of sp³-hybridized carbons (Fsp3) is 0.462. The van der Waals surface area contributed by atoms with E-state index >= 15 is 0 Å². The van der Waals surface area contributed by atoms with E-state index in [0.29, 0.717) is 6.42 Å². The third-order valence-electron chi connectivity index (χ3n) is 3.39. The number of nitrogens with one attached hydrogen (secondary N) is 1. The van der Waals surface area contributed by atoms with Crippen LogP contribution >= 0.6 is 0 Å². The van der Waals surface area contributed by atoms with Crippen LogP contribution in [-0.4, -0.2) is 15.3 Å². The highest BCUT2D eigenvalue weighted by Gasteiger charge is 2.34. The van der Waals surface area contributed by atoms with Crippen molar-refractivity contribution in [1.29, 1.82) is 0 Å². The van der Waals surface area contributed by atoms with Crippen molar-refractivity contribution in [2.24, 2.45) is 5.92 Å². The first-order valence-corrected chi connectivity index (χ1v) is 5.75. The molecule has 0 saturated heterocycles. The summed E-state index contributed by atoms with van der Waals surface area (Å²) in [5.74, 6) is 0.154. The molecule has 0 saturated carbocycles. The lowest BCUT2D eigenvalue weighted by Crippen LogP contribution is -2.31. The Bertz CT molecular complexity index is 489. The Balaban J connectivity index is 2.62. The molecule has 0 fully saturated rings. The van der Waals surface area contributed by atoms with Gasteiger partial charge in [0.2, 0.25) is 0 Å². The molecule has 1 heterocycles. The lowest BCUT2D eigenvalue weighted by atomic mass is 9.83. The normalized spacial score (nSPS) is 15.6. The summed E-state index contributed by atoms with van der Waals surface area (Å²) in [5.41, 5.74) is 0.918. The number of rotatable bonds is 3. The molecule has 3 heteroatoms. The van der Waals surface area contributed by atoms with Crippen LogP contribution in [0.25, 0.3) is 10.9 Å². The molecule has 1 unspecified atom stereocenters. The molecule has 3 nitrogen and oxygen atoms in total. The minimum absolute atomic E-state index is 0.154. The van der Waals surface area contributed by atoms with Crippen LogP contribution < -0.4 is 0 Å². The summed E-state index contributed by atoms with van der Waals surface area (Å²) >= 11 is 0. The van der Waals surface area contributed by atoms with Gasteiger partial charge in [-0.2, -0.15) is 5.10 Å². The third-order valence-corrected chi connectivity index (χ3v) is 3.39. The van der Waals surface area contributed by atoms with Crippen molar-refractivity contribution in [2.45, 2.75) is 32.8 Å². The van der Waals surface area contributed by atoms with E-state index < -0.39 is 5.60 Å². The van der Waals surface area contributed by atoms with E-state index in [4.69, 9.17) is 0 Å². The molecule has 0 bridgehead atoms. The van der Waals surface area contributed by atoms with Gasteiger partial charge in [-0.3, -0.25) is 5.10 Å². The third kappa shape index (κ3) is 1.52. The Hall–Kier alpha value is -1.35. The Morgan fingerprint density at radius 3 is 2.69 bits per heavy atom. The van der Waals surface area contributed by atoms with Crippen LogP contribution in [0.4, 0.5) is 0 Å². The van der Waals surface area contributed by atoms with E-state index in [1.807, 2.05) is 45.0 Å². The van der Waals surface area contributed by atoms with Crippen molar-refractivity contribution in [3.63, 3.8) is 0 Å². The number of aliphatic hydroxyl groups is 1. The second-order valence-corrected chi connectivity index (χ2v) is 4.55. The van der Waals surface area contributed by atoms with Crippen molar-refractivity contribution < 1.29 is 5.11 Å². The number of fused-ring (bicyclic) bond motifs is 1. The number of para-hydroxylation sites is 1. The van der Waals surface area contributed by atoms with Gasteiger partial charge >= 0.3 is 0 Å². The van der Waals surface area contributed by atoms with Crippen molar-refractivity contribution in [3.8, 4) is 0 Å². The highest BCUT2D eigenvalue weighted by atomic mass is 16.3. The van der Waals surface area contributed by atoms with E-state index in [0.717, 1.165) is 16.6 Å².